The van der Waals surface area contributed by atoms with Gasteiger partial charge in [-0.2, -0.15) is 5.10 Å². The summed E-state index contributed by atoms with van der Waals surface area (Å²) in [6, 6.07) is 8.21. The highest BCUT2D eigenvalue weighted by molar-refractivity contribution is 6.02. The van der Waals surface area contributed by atoms with Crippen molar-refractivity contribution in [2.75, 3.05) is 5.32 Å². The van der Waals surface area contributed by atoms with Crippen LogP contribution in [0.4, 0.5) is 5.82 Å². The van der Waals surface area contributed by atoms with E-state index in [-0.39, 0.29) is 24.8 Å². The van der Waals surface area contributed by atoms with E-state index in [9.17, 15) is 9.59 Å². The minimum atomic E-state index is -0.902. The van der Waals surface area contributed by atoms with Gasteiger partial charge in [0.25, 0.3) is 0 Å². The number of amides is 1. The number of carbonyl (C=O) groups excluding carboxylic acids is 1. The van der Waals surface area contributed by atoms with E-state index in [0.29, 0.717) is 12.2 Å². The number of hydrogen-bond acceptors (Lipinski definition) is 4. The molecule has 0 bridgehead atoms. The Morgan fingerprint density at radius 2 is 2.04 bits per heavy atom. The van der Waals surface area contributed by atoms with Gasteiger partial charge < -0.3 is 10.4 Å². The maximum atomic E-state index is 12.2. The predicted molar refractivity (Wildman–Crippen MR) is 105 cm³/mol. The number of aromatic nitrogens is 3. The Hall–Kier alpha value is -2.96. The molecule has 3 rings (SSSR count). The summed E-state index contributed by atoms with van der Waals surface area (Å²) in [7, 11) is 0. The second-order valence-electron chi connectivity index (χ2n) is 6.90. The molecule has 2 N–H and O–H groups in total. The standard InChI is InChI=1S/C20H24N4O3/c1-4-13(3)24-20-15(11-14-10-12(2)8-9-16(14)21-20)19(23-24)22-17(25)6-5-7-18(26)27/h8-11,13H,4-7H2,1-3H3,(H,26,27)(H,22,23,25). The lowest BCUT2D eigenvalue weighted by molar-refractivity contribution is -0.137. The fourth-order valence-electron chi connectivity index (χ4n) is 3.01. The van der Waals surface area contributed by atoms with Gasteiger partial charge in [0.15, 0.2) is 11.5 Å². The quantitative estimate of drug-likeness (QED) is 0.655. The topological polar surface area (TPSA) is 97.1 Å². The van der Waals surface area contributed by atoms with Crippen LogP contribution in [0.15, 0.2) is 24.3 Å². The molecule has 142 valence electrons. The minimum absolute atomic E-state index is 0.0268. The Morgan fingerprint density at radius 3 is 2.74 bits per heavy atom. The Kier molecular flexibility index (Phi) is 5.39. The van der Waals surface area contributed by atoms with Crippen LogP contribution in [0.1, 0.15) is 51.1 Å². The Balaban J connectivity index is 2.00. The average Bonchev–Trinajstić information content (AvgIpc) is 2.96. The molecule has 0 aliphatic heterocycles. The van der Waals surface area contributed by atoms with Crippen molar-refractivity contribution in [1.82, 2.24) is 14.8 Å². The summed E-state index contributed by atoms with van der Waals surface area (Å²) in [4.78, 5) is 27.6. The van der Waals surface area contributed by atoms with Crippen LogP contribution in [-0.2, 0) is 9.59 Å². The number of benzene rings is 1. The Morgan fingerprint density at radius 1 is 1.26 bits per heavy atom. The van der Waals surface area contributed by atoms with E-state index >= 15 is 0 Å². The van der Waals surface area contributed by atoms with Crippen molar-refractivity contribution in [2.45, 2.75) is 52.5 Å². The molecule has 0 fully saturated rings. The molecule has 1 unspecified atom stereocenters. The molecule has 3 aromatic rings. The number of aryl methyl sites for hydroxylation is 1. The number of nitrogens with zero attached hydrogens (tertiary/aromatic N) is 3. The zero-order valence-electron chi connectivity index (χ0n) is 15.8. The van der Waals surface area contributed by atoms with Crippen LogP contribution in [0.25, 0.3) is 21.9 Å². The first kappa shape index (κ1) is 18.8. The monoisotopic (exact) mass is 368 g/mol. The zero-order valence-corrected chi connectivity index (χ0v) is 15.8. The second kappa shape index (κ2) is 7.73. The molecule has 0 radical (unpaired) electrons. The Labute approximate surface area is 157 Å². The molecule has 7 nitrogen and oxygen atoms in total. The molecule has 0 saturated carbocycles. The van der Waals surface area contributed by atoms with Gasteiger partial charge in [0.05, 0.1) is 16.9 Å². The van der Waals surface area contributed by atoms with Gasteiger partial charge in [-0.15, -0.1) is 0 Å². The van der Waals surface area contributed by atoms with E-state index in [4.69, 9.17) is 10.1 Å². The summed E-state index contributed by atoms with van der Waals surface area (Å²) >= 11 is 0. The van der Waals surface area contributed by atoms with E-state index < -0.39 is 5.97 Å². The number of carboxylic acids is 1. The fraction of sp³-hybridized carbons (Fsp3) is 0.400. The molecule has 0 aliphatic carbocycles. The first-order valence-electron chi connectivity index (χ1n) is 9.20. The molecule has 0 spiro atoms. The normalized spacial score (nSPS) is 12.4. The van der Waals surface area contributed by atoms with Crippen LogP contribution >= 0.6 is 0 Å². The smallest absolute Gasteiger partial charge is 0.303 e. The molecule has 1 amide bonds. The van der Waals surface area contributed by atoms with Crippen molar-refractivity contribution in [3.63, 3.8) is 0 Å². The van der Waals surface area contributed by atoms with Gasteiger partial charge in [0, 0.05) is 18.2 Å². The number of nitrogens with one attached hydrogen (secondary N) is 1. The number of aliphatic carboxylic acids is 1. The third-order valence-corrected chi connectivity index (χ3v) is 4.69. The van der Waals surface area contributed by atoms with Gasteiger partial charge in [-0.05, 0) is 44.9 Å². The number of hydrogen-bond donors (Lipinski definition) is 2. The fourth-order valence-corrected chi connectivity index (χ4v) is 3.01. The molecule has 2 heterocycles. The van der Waals surface area contributed by atoms with E-state index in [1.54, 1.807) is 0 Å². The van der Waals surface area contributed by atoms with Gasteiger partial charge in [-0.3, -0.25) is 9.59 Å². The van der Waals surface area contributed by atoms with E-state index in [0.717, 1.165) is 33.9 Å². The first-order chi connectivity index (χ1) is 12.9. The lowest BCUT2D eigenvalue weighted by atomic mass is 10.1. The van der Waals surface area contributed by atoms with E-state index in [1.165, 1.54) is 0 Å². The molecule has 2 aromatic heterocycles. The van der Waals surface area contributed by atoms with Crippen LogP contribution in [0.2, 0.25) is 0 Å². The summed E-state index contributed by atoms with van der Waals surface area (Å²) in [5.41, 5.74) is 2.76. The lowest BCUT2D eigenvalue weighted by Gasteiger charge is -2.10. The van der Waals surface area contributed by atoms with Crippen LogP contribution in [0.5, 0.6) is 0 Å². The van der Waals surface area contributed by atoms with Crippen molar-refractivity contribution in [1.29, 1.82) is 0 Å². The van der Waals surface area contributed by atoms with E-state index in [1.807, 2.05) is 29.8 Å². The summed E-state index contributed by atoms with van der Waals surface area (Å²) in [6.45, 7) is 6.16. The third kappa shape index (κ3) is 4.07. The highest BCUT2D eigenvalue weighted by Crippen LogP contribution is 2.29. The largest absolute Gasteiger partial charge is 0.481 e. The molecule has 27 heavy (non-hydrogen) atoms. The summed E-state index contributed by atoms with van der Waals surface area (Å²) in [5.74, 6) is -0.668. The number of pyridine rings is 1. The van der Waals surface area contributed by atoms with Crippen LogP contribution in [0.3, 0.4) is 0 Å². The maximum absolute atomic E-state index is 12.2. The van der Waals surface area contributed by atoms with Crippen molar-refractivity contribution < 1.29 is 14.7 Å². The summed E-state index contributed by atoms with van der Waals surface area (Å²) < 4.78 is 1.85. The van der Waals surface area contributed by atoms with Gasteiger partial charge in [0.2, 0.25) is 5.91 Å². The molecular formula is C20H24N4O3. The molecule has 1 aromatic carbocycles. The number of rotatable bonds is 7. The predicted octanol–water partition coefficient (Wildman–Crippen LogP) is 4.06. The van der Waals surface area contributed by atoms with E-state index in [2.05, 4.69) is 30.3 Å². The molecular weight excluding hydrogens is 344 g/mol. The van der Waals surface area contributed by atoms with Gasteiger partial charge in [-0.25, -0.2) is 9.67 Å². The number of anilines is 1. The van der Waals surface area contributed by atoms with Crippen LogP contribution in [-0.4, -0.2) is 31.7 Å². The highest BCUT2D eigenvalue weighted by atomic mass is 16.4. The van der Waals surface area contributed by atoms with Crippen molar-refractivity contribution in [3.05, 3.63) is 29.8 Å². The number of fused-ring (bicyclic) bond motifs is 2. The summed E-state index contributed by atoms with van der Waals surface area (Å²) in [6.07, 6.45) is 1.30. The molecule has 0 saturated heterocycles. The highest BCUT2D eigenvalue weighted by Gasteiger charge is 2.18. The molecule has 7 heteroatoms. The van der Waals surface area contributed by atoms with Gasteiger partial charge in [0.1, 0.15) is 0 Å². The summed E-state index contributed by atoms with van der Waals surface area (Å²) in [5, 5.41) is 17.9. The van der Waals surface area contributed by atoms with Crippen molar-refractivity contribution in [3.8, 4) is 0 Å². The first-order valence-corrected chi connectivity index (χ1v) is 9.20. The van der Waals surface area contributed by atoms with Crippen molar-refractivity contribution in [2.24, 2.45) is 0 Å². The van der Waals surface area contributed by atoms with Crippen molar-refractivity contribution >= 4 is 39.6 Å². The lowest BCUT2D eigenvalue weighted by Crippen LogP contribution is -2.13. The maximum Gasteiger partial charge on any atom is 0.303 e. The third-order valence-electron chi connectivity index (χ3n) is 4.69. The van der Waals surface area contributed by atoms with Crippen LogP contribution < -0.4 is 5.32 Å². The zero-order chi connectivity index (χ0) is 19.6. The van der Waals surface area contributed by atoms with Gasteiger partial charge in [-0.1, -0.05) is 18.6 Å². The number of carbonyl (C=O) groups is 2. The molecule has 1 atom stereocenters. The SMILES string of the molecule is CCC(C)n1nc(NC(=O)CCCC(=O)O)c2cc3cc(C)ccc3nc21. The average molecular weight is 368 g/mol. The molecule has 0 aliphatic rings. The minimum Gasteiger partial charge on any atom is -0.481 e. The Bertz CT molecular complexity index is 1010. The number of carboxylic acid groups (broad SMARTS) is 1. The van der Waals surface area contributed by atoms with Crippen LogP contribution in [0, 0.1) is 6.92 Å². The van der Waals surface area contributed by atoms with Gasteiger partial charge >= 0.3 is 5.97 Å². The second-order valence-corrected chi connectivity index (χ2v) is 6.90.